The summed E-state index contributed by atoms with van der Waals surface area (Å²) in [5, 5.41) is 11.4. The van der Waals surface area contributed by atoms with E-state index < -0.39 is 0 Å². The van der Waals surface area contributed by atoms with Crippen molar-refractivity contribution in [3.63, 3.8) is 0 Å². The van der Waals surface area contributed by atoms with E-state index in [4.69, 9.17) is 5.11 Å². The van der Waals surface area contributed by atoms with Crippen molar-refractivity contribution in [2.24, 2.45) is 5.92 Å². The molecule has 102 valence electrons. The Morgan fingerprint density at radius 1 is 1.32 bits per heavy atom. The van der Waals surface area contributed by atoms with Crippen LogP contribution in [0.1, 0.15) is 19.4 Å². The second-order valence-electron chi connectivity index (χ2n) is 4.53. The van der Waals surface area contributed by atoms with Crippen LogP contribution in [0.2, 0.25) is 0 Å². The Labute approximate surface area is 114 Å². The number of nitrogens with one attached hydrogen (secondary N) is 1. The molecule has 19 heavy (non-hydrogen) atoms. The first-order valence-electron chi connectivity index (χ1n) is 6.47. The summed E-state index contributed by atoms with van der Waals surface area (Å²) < 4.78 is 0. The lowest BCUT2D eigenvalue weighted by Crippen LogP contribution is -2.29. The van der Waals surface area contributed by atoms with Gasteiger partial charge in [-0.25, -0.2) is 0 Å². The van der Waals surface area contributed by atoms with E-state index in [-0.39, 0.29) is 25.0 Å². The average Bonchev–Trinajstić information content (AvgIpc) is 2.41. The minimum atomic E-state index is -0.123. The molecular weight excluding hydrogens is 238 g/mol. The number of rotatable bonds is 6. The van der Waals surface area contributed by atoms with Crippen LogP contribution in [0, 0.1) is 5.92 Å². The SMILES string of the molecule is CC(C)/C(=C\C=C\c1ccccc1)C(=O)NCCO. The third-order valence-electron chi connectivity index (χ3n) is 2.65. The van der Waals surface area contributed by atoms with E-state index in [0.717, 1.165) is 5.56 Å². The molecule has 0 atom stereocenters. The number of carbonyl (C=O) groups excluding carboxylic acids is 1. The molecule has 0 unspecified atom stereocenters. The van der Waals surface area contributed by atoms with Crippen LogP contribution < -0.4 is 5.32 Å². The van der Waals surface area contributed by atoms with Crippen LogP contribution in [0.5, 0.6) is 0 Å². The topological polar surface area (TPSA) is 49.3 Å². The molecule has 1 rings (SSSR count). The number of hydrogen-bond donors (Lipinski definition) is 2. The molecule has 0 heterocycles. The number of hydrogen-bond acceptors (Lipinski definition) is 2. The zero-order valence-electron chi connectivity index (χ0n) is 11.5. The highest BCUT2D eigenvalue weighted by atomic mass is 16.3. The lowest BCUT2D eigenvalue weighted by Gasteiger charge is -2.10. The number of amides is 1. The van der Waals surface area contributed by atoms with Crippen molar-refractivity contribution in [3.8, 4) is 0 Å². The molecule has 0 saturated carbocycles. The van der Waals surface area contributed by atoms with Gasteiger partial charge in [0.2, 0.25) is 5.91 Å². The Kier molecular flexibility index (Phi) is 6.61. The van der Waals surface area contributed by atoms with Gasteiger partial charge in [0, 0.05) is 12.1 Å². The second kappa shape index (κ2) is 8.27. The van der Waals surface area contributed by atoms with Gasteiger partial charge >= 0.3 is 0 Å². The van der Waals surface area contributed by atoms with Gasteiger partial charge in [-0.3, -0.25) is 4.79 Å². The molecular formula is C16H21NO2. The highest BCUT2D eigenvalue weighted by molar-refractivity contribution is 5.94. The summed E-state index contributed by atoms with van der Waals surface area (Å²) in [5.41, 5.74) is 1.80. The van der Waals surface area contributed by atoms with Crippen molar-refractivity contribution in [2.75, 3.05) is 13.2 Å². The summed E-state index contributed by atoms with van der Waals surface area (Å²) >= 11 is 0. The van der Waals surface area contributed by atoms with Crippen molar-refractivity contribution < 1.29 is 9.90 Å². The van der Waals surface area contributed by atoms with Gasteiger partial charge < -0.3 is 10.4 Å². The van der Waals surface area contributed by atoms with Crippen LogP contribution in [0.25, 0.3) is 6.08 Å². The molecule has 1 amide bonds. The molecule has 0 radical (unpaired) electrons. The predicted octanol–water partition coefficient (Wildman–Crippen LogP) is 2.39. The summed E-state index contributed by atoms with van der Waals surface area (Å²) in [7, 11) is 0. The van der Waals surface area contributed by atoms with Gasteiger partial charge in [0.05, 0.1) is 6.61 Å². The second-order valence-corrected chi connectivity index (χ2v) is 4.53. The number of aliphatic hydroxyl groups excluding tert-OH is 1. The Morgan fingerprint density at radius 2 is 2.00 bits per heavy atom. The van der Waals surface area contributed by atoms with Crippen molar-refractivity contribution in [1.29, 1.82) is 0 Å². The van der Waals surface area contributed by atoms with Crippen molar-refractivity contribution >= 4 is 12.0 Å². The third kappa shape index (κ3) is 5.53. The molecule has 3 heteroatoms. The molecule has 1 aromatic carbocycles. The van der Waals surface area contributed by atoms with Crippen molar-refractivity contribution in [1.82, 2.24) is 5.32 Å². The largest absolute Gasteiger partial charge is 0.395 e. The smallest absolute Gasteiger partial charge is 0.247 e. The van der Waals surface area contributed by atoms with Gasteiger partial charge in [-0.1, -0.05) is 62.4 Å². The maximum absolute atomic E-state index is 11.9. The number of aliphatic hydroxyl groups is 1. The minimum Gasteiger partial charge on any atom is -0.395 e. The van der Waals surface area contributed by atoms with E-state index in [9.17, 15) is 4.79 Å². The normalized spacial score (nSPS) is 12.1. The molecule has 3 nitrogen and oxygen atoms in total. The fourth-order valence-electron chi connectivity index (χ4n) is 1.63. The lowest BCUT2D eigenvalue weighted by molar-refractivity contribution is -0.118. The predicted molar refractivity (Wildman–Crippen MR) is 78.5 cm³/mol. The molecule has 2 N–H and O–H groups in total. The monoisotopic (exact) mass is 259 g/mol. The van der Waals surface area contributed by atoms with Crippen molar-refractivity contribution in [2.45, 2.75) is 13.8 Å². The van der Waals surface area contributed by atoms with E-state index in [1.54, 1.807) is 0 Å². The Balaban J connectivity index is 2.73. The maximum Gasteiger partial charge on any atom is 0.247 e. The van der Waals surface area contributed by atoms with Crippen molar-refractivity contribution in [3.05, 3.63) is 53.6 Å². The first kappa shape index (κ1) is 15.2. The third-order valence-corrected chi connectivity index (χ3v) is 2.65. The number of carbonyl (C=O) groups is 1. The fraction of sp³-hybridized carbons (Fsp3) is 0.312. The lowest BCUT2D eigenvalue weighted by atomic mass is 10.0. The number of allylic oxidation sites excluding steroid dienone is 2. The van der Waals surface area contributed by atoms with Crippen LogP contribution in [-0.2, 0) is 4.79 Å². The van der Waals surface area contributed by atoms with Gasteiger partial charge in [-0.2, -0.15) is 0 Å². The maximum atomic E-state index is 11.9. The summed E-state index contributed by atoms with van der Waals surface area (Å²) in [5.74, 6) is 0.0147. The molecule has 0 aliphatic carbocycles. The minimum absolute atomic E-state index is 0.0447. The molecule has 0 bridgehead atoms. The van der Waals surface area contributed by atoms with Gasteiger partial charge in [0.1, 0.15) is 0 Å². The van der Waals surface area contributed by atoms with Crippen LogP contribution in [0.4, 0.5) is 0 Å². The number of benzene rings is 1. The van der Waals surface area contributed by atoms with Gasteiger partial charge in [-0.05, 0) is 11.5 Å². The molecule has 0 aliphatic rings. The molecule has 0 spiro atoms. The molecule has 0 aliphatic heterocycles. The first-order valence-corrected chi connectivity index (χ1v) is 6.47. The van der Waals surface area contributed by atoms with Crippen LogP contribution in [-0.4, -0.2) is 24.2 Å². The quantitative estimate of drug-likeness (QED) is 0.609. The van der Waals surface area contributed by atoms with Crippen LogP contribution in [0.3, 0.4) is 0 Å². The van der Waals surface area contributed by atoms with E-state index in [1.807, 2.05) is 62.4 Å². The molecule has 0 fully saturated rings. The van der Waals surface area contributed by atoms with E-state index in [1.165, 1.54) is 0 Å². The fourth-order valence-corrected chi connectivity index (χ4v) is 1.63. The highest BCUT2D eigenvalue weighted by Gasteiger charge is 2.11. The van der Waals surface area contributed by atoms with E-state index in [0.29, 0.717) is 5.57 Å². The summed E-state index contributed by atoms with van der Waals surface area (Å²) in [6, 6.07) is 9.92. The zero-order chi connectivity index (χ0) is 14.1. The van der Waals surface area contributed by atoms with Gasteiger partial charge in [0.15, 0.2) is 0 Å². The summed E-state index contributed by atoms with van der Waals surface area (Å²) in [6.07, 6.45) is 5.66. The zero-order valence-corrected chi connectivity index (χ0v) is 11.5. The highest BCUT2D eigenvalue weighted by Crippen LogP contribution is 2.10. The first-order chi connectivity index (χ1) is 9.15. The van der Waals surface area contributed by atoms with Crippen LogP contribution >= 0.6 is 0 Å². The molecule has 0 aromatic heterocycles. The van der Waals surface area contributed by atoms with E-state index in [2.05, 4.69) is 5.32 Å². The van der Waals surface area contributed by atoms with Crippen LogP contribution in [0.15, 0.2) is 48.1 Å². The average molecular weight is 259 g/mol. The Hall–Kier alpha value is -1.87. The van der Waals surface area contributed by atoms with Gasteiger partial charge in [0.25, 0.3) is 0 Å². The standard InChI is InChI=1S/C16H21NO2/c1-13(2)15(16(19)17-11-12-18)10-6-9-14-7-4-3-5-8-14/h3-10,13,18H,11-12H2,1-2H3,(H,17,19)/b9-6+,15-10+. The molecule has 1 aromatic rings. The molecule has 0 saturated heterocycles. The Morgan fingerprint density at radius 3 is 2.58 bits per heavy atom. The Bertz CT molecular complexity index is 447. The van der Waals surface area contributed by atoms with E-state index >= 15 is 0 Å². The summed E-state index contributed by atoms with van der Waals surface area (Å²) in [4.78, 5) is 11.9. The summed E-state index contributed by atoms with van der Waals surface area (Å²) in [6.45, 7) is 4.18. The van der Waals surface area contributed by atoms with Gasteiger partial charge in [-0.15, -0.1) is 0 Å².